The molecule has 0 fully saturated rings. The van der Waals surface area contributed by atoms with E-state index in [0.717, 1.165) is 0 Å². The van der Waals surface area contributed by atoms with Crippen molar-refractivity contribution < 1.29 is 0 Å². The molecule has 2 aliphatic rings. The van der Waals surface area contributed by atoms with Crippen LogP contribution in [0.25, 0.3) is 70.0 Å². The Kier molecular flexibility index (Phi) is 8.61. The topological polar surface area (TPSA) is 0 Å². The summed E-state index contributed by atoms with van der Waals surface area (Å²) in [4.78, 5) is 8.15. The Morgan fingerprint density at radius 1 is 0.348 bits per heavy atom. The maximum absolute atomic E-state index is 2.56. The number of hydrogen-bond acceptors (Lipinski definition) is 6. The third kappa shape index (κ3) is 5.40. The zero-order valence-corrected chi connectivity index (χ0v) is 41.5. The highest BCUT2D eigenvalue weighted by Crippen LogP contribution is 2.69. The van der Waals surface area contributed by atoms with Crippen molar-refractivity contribution in [3.8, 4) is 40.4 Å². The van der Waals surface area contributed by atoms with E-state index < -0.39 is 10.8 Å². The normalized spacial score (nSPS) is 14.3. The summed E-state index contributed by atoms with van der Waals surface area (Å²) in [6.45, 7) is 8.85. The second kappa shape index (κ2) is 14.4. The average molecular weight is 953 g/mol. The molecule has 2 aliphatic carbocycles. The molecule has 0 saturated carbocycles. The Morgan fingerprint density at radius 2 is 0.697 bits per heavy atom. The first-order valence-electron chi connectivity index (χ1n) is 22.4. The van der Waals surface area contributed by atoms with E-state index in [2.05, 4.69) is 196 Å². The van der Waals surface area contributed by atoms with Crippen molar-refractivity contribution in [1.29, 1.82) is 0 Å². The van der Waals surface area contributed by atoms with E-state index in [0.29, 0.717) is 0 Å². The van der Waals surface area contributed by atoms with Crippen LogP contribution in [0.5, 0.6) is 0 Å². The molecular formula is C60H40S6. The van der Waals surface area contributed by atoms with Gasteiger partial charge in [-0.15, -0.1) is 68.0 Å². The zero-order valence-electron chi connectivity index (χ0n) is 36.6. The van der Waals surface area contributed by atoms with Crippen LogP contribution in [-0.4, -0.2) is 0 Å². The quantitative estimate of drug-likeness (QED) is 0.156. The summed E-state index contributed by atoms with van der Waals surface area (Å²) in [7, 11) is 0. The van der Waals surface area contributed by atoms with E-state index >= 15 is 0 Å². The first-order valence-corrected chi connectivity index (χ1v) is 27.4. The van der Waals surface area contributed by atoms with Gasteiger partial charge in [0.15, 0.2) is 0 Å². The van der Waals surface area contributed by atoms with E-state index in [1.807, 2.05) is 68.0 Å². The van der Waals surface area contributed by atoms with Gasteiger partial charge in [-0.3, -0.25) is 0 Å². The first-order chi connectivity index (χ1) is 32.3. The lowest BCUT2D eigenvalue weighted by atomic mass is 9.66. The molecular weight excluding hydrogens is 913 g/mol. The van der Waals surface area contributed by atoms with E-state index in [9.17, 15) is 0 Å². The molecule has 0 atom stereocenters. The van der Waals surface area contributed by atoms with Gasteiger partial charge >= 0.3 is 0 Å². The molecule has 0 amide bonds. The monoisotopic (exact) mass is 952 g/mol. The largest absolute Gasteiger partial charge is 0.143 e. The Bertz CT molecular complexity index is 3520. The van der Waals surface area contributed by atoms with Crippen LogP contribution in [-0.2, 0) is 10.8 Å². The number of hydrogen-bond donors (Lipinski definition) is 0. The SMILES string of the molecule is Cc1ccc(C2(c3ccc(C)cc3)c3cc4cc(-c5cccs5)sc4cc3-c3sc4c5c(sc4c32)-c2cc3sc(-c4cccs4)cc3cc2C5(c2ccc(C)cc2)c2ccc(C)cc2)cc1. The maximum Gasteiger partial charge on any atom is 0.0736 e. The van der Waals surface area contributed by atoms with Gasteiger partial charge in [-0.1, -0.05) is 131 Å². The minimum absolute atomic E-state index is 0.533. The standard InChI is InChI=1S/C60H40S6/c1-33-9-17-39(18-10-33)59(40-19-11-34(2)12-20-40)45-27-37-29-51(47-7-5-25-61-47)63-49(37)31-43(45)55-53(59)57-58(65-55)54-56(66-57)44-32-50-38(30-52(64-50)48-8-6-26-62-48)28-46(44)60(54,41-21-13-35(3)14-22-41)42-23-15-36(4)16-24-42/h5-32H,1-4H3. The van der Waals surface area contributed by atoms with Gasteiger partial charge in [0, 0.05) is 49.8 Å². The van der Waals surface area contributed by atoms with E-state index in [1.165, 1.54) is 137 Å². The van der Waals surface area contributed by atoms with E-state index in [-0.39, 0.29) is 0 Å². The highest BCUT2D eigenvalue weighted by Gasteiger charge is 2.54. The van der Waals surface area contributed by atoms with Gasteiger partial charge in [-0.2, -0.15) is 0 Å². The smallest absolute Gasteiger partial charge is 0.0736 e. The van der Waals surface area contributed by atoms with Crippen molar-refractivity contribution in [1.82, 2.24) is 0 Å². The van der Waals surface area contributed by atoms with E-state index in [1.54, 1.807) is 0 Å². The van der Waals surface area contributed by atoms with Crippen LogP contribution in [0, 0.1) is 27.7 Å². The van der Waals surface area contributed by atoms with Gasteiger partial charge in [-0.25, -0.2) is 0 Å². The Morgan fingerprint density at radius 3 is 1.02 bits per heavy atom. The Hall–Kier alpha value is -5.70. The van der Waals surface area contributed by atoms with Crippen LogP contribution in [0.2, 0.25) is 0 Å². The zero-order chi connectivity index (χ0) is 44.1. The number of fused-ring (bicyclic) bond motifs is 11. The fraction of sp³-hybridized carbons (Fsp3) is 0.100. The van der Waals surface area contributed by atoms with Gasteiger partial charge < -0.3 is 0 Å². The number of thiophene rings is 6. The summed E-state index contributed by atoms with van der Waals surface area (Å²) in [5.74, 6) is 0. The third-order valence-corrected chi connectivity index (χ3v) is 21.3. The summed E-state index contributed by atoms with van der Waals surface area (Å²) in [5, 5.41) is 7.03. The van der Waals surface area contributed by atoms with Crippen molar-refractivity contribution in [3.05, 3.63) is 235 Å². The molecule has 0 radical (unpaired) electrons. The summed E-state index contributed by atoms with van der Waals surface area (Å²) in [6.07, 6.45) is 0. The molecule has 12 aromatic rings. The van der Waals surface area contributed by atoms with Crippen molar-refractivity contribution in [3.63, 3.8) is 0 Å². The fourth-order valence-corrected chi connectivity index (χ4v) is 18.2. The van der Waals surface area contributed by atoms with Gasteiger partial charge in [0.1, 0.15) is 0 Å². The average Bonchev–Trinajstić information content (AvgIpc) is 4.19. The molecule has 14 rings (SSSR count). The molecule has 316 valence electrons. The predicted molar refractivity (Wildman–Crippen MR) is 291 cm³/mol. The van der Waals surface area contributed by atoms with Crippen molar-refractivity contribution in [2.75, 3.05) is 0 Å². The second-order valence-corrected chi connectivity index (χ2v) is 24.4. The molecule has 6 aromatic heterocycles. The molecule has 0 unspecified atom stereocenters. The molecule has 0 saturated heterocycles. The minimum atomic E-state index is -0.533. The van der Waals surface area contributed by atoms with Crippen molar-refractivity contribution in [2.45, 2.75) is 38.5 Å². The van der Waals surface area contributed by atoms with Gasteiger partial charge in [0.05, 0.1) is 20.2 Å². The third-order valence-electron chi connectivity index (χ3n) is 14.3. The molecule has 0 aliphatic heterocycles. The maximum atomic E-state index is 2.56. The van der Waals surface area contributed by atoms with Gasteiger partial charge in [-0.05, 0) is 142 Å². The lowest BCUT2D eigenvalue weighted by Gasteiger charge is -2.34. The highest BCUT2D eigenvalue weighted by molar-refractivity contribution is 7.32. The molecule has 66 heavy (non-hydrogen) atoms. The van der Waals surface area contributed by atoms with Crippen LogP contribution in [0.15, 0.2) is 168 Å². The summed E-state index contributed by atoms with van der Waals surface area (Å²) in [6, 6.07) is 61.9. The van der Waals surface area contributed by atoms with Crippen molar-refractivity contribution >= 4 is 97.6 Å². The summed E-state index contributed by atoms with van der Waals surface area (Å²) >= 11 is 11.6. The number of benzene rings is 6. The fourth-order valence-electron chi connectivity index (χ4n) is 11.3. The molecule has 6 heterocycles. The van der Waals surface area contributed by atoms with Crippen LogP contribution in [0.1, 0.15) is 66.8 Å². The molecule has 6 heteroatoms. The van der Waals surface area contributed by atoms with Crippen molar-refractivity contribution in [2.24, 2.45) is 0 Å². The minimum Gasteiger partial charge on any atom is -0.143 e. The molecule has 0 spiro atoms. The number of aryl methyl sites for hydroxylation is 4. The van der Waals surface area contributed by atoms with E-state index in [4.69, 9.17) is 0 Å². The van der Waals surface area contributed by atoms with Crippen LogP contribution < -0.4 is 0 Å². The van der Waals surface area contributed by atoms with Gasteiger partial charge in [0.25, 0.3) is 0 Å². The molecule has 0 bridgehead atoms. The lowest BCUT2D eigenvalue weighted by molar-refractivity contribution is 0.774. The first kappa shape index (κ1) is 39.5. The highest BCUT2D eigenvalue weighted by atomic mass is 32.1. The van der Waals surface area contributed by atoms with Crippen LogP contribution >= 0.6 is 68.0 Å². The summed E-state index contributed by atoms with van der Waals surface area (Å²) in [5.41, 5.74) is 17.7. The lowest BCUT2D eigenvalue weighted by Crippen LogP contribution is -2.29. The molecule has 0 N–H and O–H groups in total. The molecule has 6 aromatic carbocycles. The Balaban J connectivity index is 1.14. The van der Waals surface area contributed by atoms with Crippen LogP contribution in [0.4, 0.5) is 0 Å². The van der Waals surface area contributed by atoms with Gasteiger partial charge in [0.2, 0.25) is 0 Å². The second-order valence-electron chi connectivity index (χ2n) is 18.3. The molecule has 0 nitrogen and oxygen atoms in total. The predicted octanol–water partition coefficient (Wildman–Crippen LogP) is 18.8. The summed E-state index contributed by atoms with van der Waals surface area (Å²) < 4.78 is 5.52. The van der Waals surface area contributed by atoms with Crippen LogP contribution in [0.3, 0.4) is 0 Å². The Labute approximate surface area is 408 Å². The number of rotatable bonds is 6.